The highest BCUT2D eigenvalue weighted by Crippen LogP contribution is 2.19. The van der Waals surface area contributed by atoms with Gasteiger partial charge in [0, 0.05) is 11.9 Å². The van der Waals surface area contributed by atoms with Crippen LogP contribution in [0.1, 0.15) is 33.2 Å². The van der Waals surface area contributed by atoms with Gasteiger partial charge < -0.3 is 5.32 Å². The molecular weight excluding hydrogens is 296 g/mol. The molecule has 3 aromatic rings. The van der Waals surface area contributed by atoms with Crippen molar-refractivity contribution >= 4 is 5.91 Å². The van der Waals surface area contributed by atoms with Gasteiger partial charge >= 0.3 is 0 Å². The summed E-state index contributed by atoms with van der Waals surface area (Å²) in [6, 6.07) is 23.8. The molecule has 1 amide bonds. The lowest BCUT2D eigenvalue weighted by Crippen LogP contribution is -2.30. The second kappa shape index (κ2) is 7.55. The smallest absolute Gasteiger partial charge is 0.253 e. The number of nitrogens with one attached hydrogen (secondary N) is 1. The van der Waals surface area contributed by atoms with Gasteiger partial charge in [0.25, 0.3) is 5.91 Å². The Kier molecular flexibility index (Phi) is 5.02. The van der Waals surface area contributed by atoms with Crippen LogP contribution in [0, 0.1) is 6.92 Å². The van der Waals surface area contributed by atoms with E-state index in [1.807, 2.05) is 67.6 Å². The largest absolute Gasteiger partial charge is 0.345 e. The van der Waals surface area contributed by atoms with E-state index in [9.17, 15) is 4.79 Å². The Labute approximate surface area is 142 Å². The van der Waals surface area contributed by atoms with Crippen molar-refractivity contribution in [1.82, 2.24) is 10.3 Å². The molecule has 0 aliphatic heterocycles. The summed E-state index contributed by atoms with van der Waals surface area (Å²) in [7, 11) is 0. The number of hydrogen-bond acceptors (Lipinski definition) is 2. The third-order valence-electron chi connectivity index (χ3n) is 3.96. The fourth-order valence-electron chi connectivity index (χ4n) is 2.63. The molecule has 0 fully saturated rings. The highest BCUT2D eigenvalue weighted by Gasteiger charge is 2.16. The zero-order valence-electron chi connectivity index (χ0n) is 13.6. The fourth-order valence-corrected chi connectivity index (χ4v) is 2.63. The number of carbonyl (C=O) groups is 1. The molecule has 3 rings (SSSR count). The standard InChI is InChI=1S/C21H20N2O/c1-16-12-13-19(15-22-16)21(24)23-20(18-10-6-3-7-11-18)14-17-8-4-2-5-9-17/h2-13,15,20H,14H2,1H3,(H,23,24)/t20-/m1/s1. The van der Waals surface area contributed by atoms with Gasteiger partial charge in [-0.2, -0.15) is 0 Å². The quantitative estimate of drug-likeness (QED) is 0.770. The van der Waals surface area contributed by atoms with Crippen LogP contribution in [0.3, 0.4) is 0 Å². The van der Waals surface area contributed by atoms with E-state index in [2.05, 4.69) is 22.4 Å². The first-order chi connectivity index (χ1) is 11.7. The predicted molar refractivity (Wildman–Crippen MR) is 95.8 cm³/mol. The highest BCUT2D eigenvalue weighted by atomic mass is 16.1. The molecule has 24 heavy (non-hydrogen) atoms. The van der Waals surface area contributed by atoms with Crippen molar-refractivity contribution in [3.8, 4) is 0 Å². The van der Waals surface area contributed by atoms with Crippen LogP contribution in [0.25, 0.3) is 0 Å². The van der Waals surface area contributed by atoms with Crippen LogP contribution >= 0.6 is 0 Å². The fraction of sp³-hybridized carbons (Fsp3) is 0.143. The number of hydrogen-bond donors (Lipinski definition) is 1. The predicted octanol–water partition coefficient (Wildman–Crippen LogP) is 4.10. The van der Waals surface area contributed by atoms with Crippen LogP contribution < -0.4 is 5.32 Å². The number of nitrogens with zero attached hydrogens (tertiary/aromatic N) is 1. The van der Waals surface area contributed by atoms with E-state index in [0.29, 0.717) is 5.56 Å². The average molecular weight is 316 g/mol. The number of aromatic nitrogens is 1. The molecule has 0 saturated heterocycles. The maximum absolute atomic E-state index is 12.6. The molecule has 0 aliphatic carbocycles. The molecule has 1 heterocycles. The summed E-state index contributed by atoms with van der Waals surface area (Å²) in [6.45, 7) is 1.91. The van der Waals surface area contributed by atoms with E-state index >= 15 is 0 Å². The zero-order valence-corrected chi connectivity index (χ0v) is 13.6. The maximum Gasteiger partial charge on any atom is 0.253 e. The van der Waals surface area contributed by atoms with Gasteiger partial charge in [-0.05, 0) is 36.6 Å². The lowest BCUT2D eigenvalue weighted by Gasteiger charge is -2.19. The van der Waals surface area contributed by atoms with Crippen LogP contribution in [-0.4, -0.2) is 10.9 Å². The van der Waals surface area contributed by atoms with E-state index in [1.165, 1.54) is 5.56 Å². The molecule has 1 N–H and O–H groups in total. The number of pyridine rings is 1. The van der Waals surface area contributed by atoms with Crippen LogP contribution in [-0.2, 0) is 6.42 Å². The Bertz CT molecular complexity index is 783. The van der Waals surface area contributed by atoms with E-state index in [-0.39, 0.29) is 11.9 Å². The van der Waals surface area contributed by atoms with Gasteiger partial charge in [0.2, 0.25) is 0 Å². The van der Waals surface area contributed by atoms with E-state index in [0.717, 1.165) is 17.7 Å². The number of benzene rings is 2. The molecule has 3 nitrogen and oxygen atoms in total. The van der Waals surface area contributed by atoms with Gasteiger partial charge in [0.05, 0.1) is 11.6 Å². The summed E-state index contributed by atoms with van der Waals surface area (Å²) >= 11 is 0. The molecule has 2 aromatic carbocycles. The Morgan fingerprint density at radius 2 is 1.62 bits per heavy atom. The Balaban J connectivity index is 1.82. The molecule has 0 aliphatic rings. The Hall–Kier alpha value is -2.94. The SMILES string of the molecule is Cc1ccc(C(=O)N[C@H](Cc2ccccc2)c2ccccc2)cn1. The Morgan fingerprint density at radius 1 is 0.958 bits per heavy atom. The summed E-state index contributed by atoms with van der Waals surface area (Å²) in [6.07, 6.45) is 2.37. The van der Waals surface area contributed by atoms with Crippen LogP contribution in [0.2, 0.25) is 0 Å². The van der Waals surface area contributed by atoms with Crippen LogP contribution in [0.15, 0.2) is 79.0 Å². The van der Waals surface area contributed by atoms with Crippen molar-refractivity contribution < 1.29 is 4.79 Å². The molecule has 0 radical (unpaired) electrons. The first kappa shape index (κ1) is 15.9. The zero-order chi connectivity index (χ0) is 16.8. The van der Waals surface area contributed by atoms with Gasteiger partial charge in [-0.1, -0.05) is 60.7 Å². The lowest BCUT2D eigenvalue weighted by atomic mass is 9.98. The molecule has 1 atom stereocenters. The van der Waals surface area contributed by atoms with Gasteiger partial charge in [0.1, 0.15) is 0 Å². The van der Waals surface area contributed by atoms with Crippen molar-refractivity contribution in [2.45, 2.75) is 19.4 Å². The average Bonchev–Trinajstić information content (AvgIpc) is 2.63. The van der Waals surface area contributed by atoms with Gasteiger partial charge in [-0.3, -0.25) is 9.78 Å². The van der Waals surface area contributed by atoms with E-state index in [1.54, 1.807) is 6.20 Å². The number of aryl methyl sites for hydroxylation is 1. The normalized spacial score (nSPS) is 11.7. The summed E-state index contributed by atoms with van der Waals surface area (Å²) in [5.41, 5.74) is 3.76. The third-order valence-corrected chi connectivity index (χ3v) is 3.96. The minimum absolute atomic E-state index is 0.0811. The lowest BCUT2D eigenvalue weighted by molar-refractivity contribution is 0.0936. The number of amides is 1. The van der Waals surface area contributed by atoms with Crippen molar-refractivity contribution in [3.63, 3.8) is 0 Å². The van der Waals surface area contributed by atoms with Crippen LogP contribution in [0.4, 0.5) is 0 Å². The van der Waals surface area contributed by atoms with Crippen molar-refractivity contribution in [1.29, 1.82) is 0 Å². The minimum atomic E-state index is -0.104. The van der Waals surface area contributed by atoms with E-state index < -0.39 is 0 Å². The molecule has 3 heteroatoms. The van der Waals surface area contributed by atoms with Gasteiger partial charge in [-0.15, -0.1) is 0 Å². The molecule has 0 unspecified atom stereocenters. The topological polar surface area (TPSA) is 42.0 Å². The molecule has 0 bridgehead atoms. The van der Waals surface area contributed by atoms with Gasteiger partial charge in [0.15, 0.2) is 0 Å². The summed E-state index contributed by atoms with van der Waals surface area (Å²) in [5.74, 6) is -0.104. The van der Waals surface area contributed by atoms with Crippen molar-refractivity contribution in [2.75, 3.05) is 0 Å². The highest BCUT2D eigenvalue weighted by molar-refractivity contribution is 5.94. The van der Waals surface area contributed by atoms with Gasteiger partial charge in [-0.25, -0.2) is 0 Å². The monoisotopic (exact) mass is 316 g/mol. The van der Waals surface area contributed by atoms with Crippen molar-refractivity contribution in [2.24, 2.45) is 0 Å². The molecule has 0 saturated carbocycles. The first-order valence-corrected chi connectivity index (χ1v) is 8.05. The van der Waals surface area contributed by atoms with Crippen molar-refractivity contribution in [3.05, 3.63) is 101 Å². The first-order valence-electron chi connectivity index (χ1n) is 8.05. The summed E-state index contributed by atoms with van der Waals surface area (Å²) in [4.78, 5) is 16.8. The minimum Gasteiger partial charge on any atom is -0.345 e. The molecule has 120 valence electrons. The maximum atomic E-state index is 12.6. The second-order valence-corrected chi connectivity index (χ2v) is 5.81. The second-order valence-electron chi connectivity index (χ2n) is 5.81. The molecule has 1 aromatic heterocycles. The molecule has 0 spiro atoms. The number of carbonyl (C=O) groups excluding carboxylic acids is 1. The van der Waals surface area contributed by atoms with Crippen LogP contribution in [0.5, 0.6) is 0 Å². The van der Waals surface area contributed by atoms with E-state index in [4.69, 9.17) is 0 Å². The summed E-state index contributed by atoms with van der Waals surface area (Å²) < 4.78 is 0. The molecular formula is C21H20N2O. The Morgan fingerprint density at radius 3 is 2.25 bits per heavy atom. The number of rotatable bonds is 5. The summed E-state index contributed by atoms with van der Waals surface area (Å²) in [5, 5.41) is 3.14. The third kappa shape index (κ3) is 4.07.